The van der Waals surface area contributed by atoms with Gasteiger partial charge >= 0.3 is 6.61 Å². The Morgan fingerprint density at radius 1 is 1.41 bits per heavy atom. The first-order valence-corrected chi connectivity index (χ1v) is 7.29. The number of ether oxygens (including phenoxy) is 1. The fourth-order valence-electron chi connectivity index (χ4n) is 1.74. The van der Waals surface area contributed by atoms with Gasteiger partial charge in [-0.1, -0.05) is 18.2 Å². The van der Waals surface area contributed by atoms with Gasteiger partial charge in [-0.25, -0.2) is 0 Å². The zero-order valence-corrected chi connectivity index (χ0v) is 13.3. The fourth-order valence-corrected chi connectivity index (χ4v) is 2.25. The number of carbonyl (C=O) groups excluding carboxylic acids is 1. The predicted octanol–water partition coefficient (Wildman–Crippen LogP) is 4.16. The van der Waals surface area contributed by atoms with E-state index in [2.05, 4.69) is 25.8 Å². The van der Waals surface area contributed by atoms with Gasteiger partial charge in [0.25, 0.3) is 0 Å². The van der Waals surface area contributed by atoms with Gasteiger partial charge in [0.05, 0.1) is 4.47 Å². The van der Waals surface area contributed by atoms with Crippen LogP contribution < -0.4 is 4.74 Å². The molecule has 0 aliphatic rings. The molecule has 22 heavy (non-hydrogen) atoms. The number of aryl methyl sites for hydroxylation is 1. The van der Waals surface area contributed by atoms with Gasteiger partial charge in [-0.2, -0.15) is 13.9 Å². The number of hydrogen-bond donors (Lipinski definition) is 0. The third-order valence-electron chi connectivity index (χ3n) is 2.81. The number of benzene rings is 1. The van der Waals surface area contributed by atoms with Crippen molar-refractivity contribution in [3.8, 4) is 5.75 Å². The monoisotopic (exact) mass is 370 g/mol. The molecule has 1 heterocycles. The highest BCUT2D eigenvalue weighted by Crippen LogP contribution is 2.18. The maximum atomic E-state index is 12.1. The number of alkyl halides is 2. The lowest BCUT2D eigenvalue weighted by molar-refractivity contribution is -0.0498. The Hall–Kier alpha value is -2.02. The lowest BCUT2D eigenvalue weighted by atomic mass is 10.1. The number of carbonyl (C=O) groups is 1. The van der Waals surface area contributed by atoms with Crippen LogP contribution in [0.15, 0.2) is 41.0 Å². The molecule has 2 aromatic rings. The topological polar surface area (TPSA) is 44.1 Å². The molecule has 0 spiro atoms. The van der Waals surface area contributed by atoms with E-state index in [1.54, 1.807) is 29.1 Å². The van der Waals surface area contributed by atoms with Crippen molar-refractivity contribution in [2.45, 2.75) is 20.1 Å². The van der Waals surface area contributed by atoms with Crippen molar-refractivity contribution in [3.63, 3.8) is 0 Å². The molecule has 2 rings (SSSR count). The average molecular weight is 371 g/mol. The number of nitrogens with zero attached hydrogens (tertiary/aromatic N) is 2. The molecular formula is C15H13BrF2N2O2. The minimum atomic E-state index is -2.85. The van der Waals surface area contributed by atoms with Crippen molar-refractivity contribution in [1.82, 2.24) is 9.78 Å². The summed E-state index contributed by atoms with van der Waals surface area (Å²) < 4.78 is 30.6. The summed E-state index contributed by atoms with van der Waals surface area (Å²) in [5, 5.41) is 4.15. The highest BCUT2D eigenvalue weighted by Gasteiger charge is 2.12. The summed E-state index contributed by atoms with van der Waals surface area (Å²) in [5.41, 5.74) is 1.02. The number of ketones is 1. The molecule has 0 N–H and O–H groups in total. The quantitative estimate of drug-likeness (QED) is 0.566. The van der Waals surface area contributed by atoms with Gasteiger partial charge in [-0.3, -0.25) is 9.48 Å². The van der Waals surface area contributed by atoms with E-state index in [0.29, 0.717) is 22.3 Å². The van der Waals surface area contributed by atoms with Crippen LogP contribution in [0.4, 0.5) is 8.78 Å². The molecule has 0 fully saturated rings. The second-order valence-electron chi connectivity index (χ2n) is 4.33. The Bertz CT molecular complexity index is 681. The molecule has 0 aliphatic carbocycles. The van der Waals surface area contributed by atoms with Crippen LogP contribution >= 0.6 is 15.9 Å². The standard InChI is InChI=1S/C15H13BrF2N2O2/c1-2-20-9-12(16)14(19-20)13(21)8-5-10-3-6-11(7-4-10)22-15(17)18/h3-9,15H,2H2,1H3. The van der Waals surface area contributed by atoms with Gasteiger partial charge < -0.3 is 4.74 Å². The molecule has 1 aromatic carbocycles. The van der Waals surface area contributed by atoms with Gasteiger partial charge in [0.1, 0.15) is 11.4 Å². The van der Waals surface area contributed by atoms with E-state index in [1.165, 1.54) is 18.2 Å². The highest BCUT2D eigenvalue weighted by molar-refractivity contribution is 9.10. The molecule has 116 valence electrons. The van der Waals surface area contributed by atoms with Crippen molar-refractivity contribution in [1.29, 1.82) is 0 Å². The van der Waals surface area contributed by atoms with E-state index in [9.17, 15) is 13.6 Å². The molecule has 0 saturated carbocycles. The van der Waals surface area contributed by atoms with Crippen molar-refractivity contribution in [2.75, 3.05) is 0 Å². The minimum absolute atomic E-state index is 0.0721. The van der Waals surface area contributed by atoms with E-state index < -0.39 is 6.61 Å². The summed E-state index contributed by atoms with van der Waals surface area (Å²) >= 11 is 3.29. The predicted molar refractivity (Wildman–Crippen MR) is 82.0 cm³/mol. The van der Waals surface area contributed by atoms with Crippen molar-refractivity contribution < 1.29 is 18.3 Å². The zero-order valence-electron chi connectivity index (χ0n) is 11.7. The second kappa shape index (κ2) is 7.31. The Morgan fingerprint density at radius 3 is 2.64 bits per heavy atom. The third kappa shape index (κ3) is 4.24. The zero-order chi connectivity index (χ0) is 16.1. The van der Waals surface area contributed by atoms with Crippen LogP contribution in [-0.4, -0.2) is 22.2 Å². The molecule has 0 radical (unpaired) electrons. The molecule has 4 nitrogen and oxygen atoms in total. The Morgan fingerprint density at radius 2 is 2.09 bits per heavy atom. The van der Waals surface area contributed by atoms with Crippen LogP contribution in [0.25, 0.3) is 6.08 Å². The molecule has 1 aromatic heterocycles. The highest BCUT2D eigenvalue weighted by atomic mass is 79.9. The number of hydrogen-bond acceptors (Lipinski definition) is 3. The molecular weight excluding hydrogens is 358 g/mol. The summed E-state index contributed by atoms with van der Waals surface area (Å²) in [6.07, 6.45) is 4.71. The fraction of sp³-hybridized carbons (Fsp3) is 0.200. The normalized spacial score (nSPS) is 11.3. The average Bonchev–Trinajstić information content (AvgIpc) is 2.87. The molecule has 0 amide bonds. The summed E-state index contributed by atoms with van der Waals surface area (Å²) in [6.45, 7) is -0.262. The number of allylic oxidation sites excluding steroid dienone is 1. The lowest BCUT2D eigenvalue weighted by Crippen LogP contribution is -2.01. The smallest absolute Gasteiger partial charge is 0.387 e. The summed E-state index contributed by atoms with van der Waals surface area (Å²) in [4.78, 5) is 12.1. The van der Waals surface area contributed by atoms with Crippen LogP contribution in [-0.2, 0) is 6.54 Å². The van der Waals surface area contributed by atoms with Crippen LogP contribution in [0.5, 0.6) is 5.75 Å². The third-order valence-corrected chi connectivity index (χ3v) is 3.39. The number of aromatic nitrogens is 2. The van der Waals surface area contributed by atoms with Crippen molar-refractivity contribution in [2.24, 2.45) is 0 Å². The van der Waals surface area contributed by atoms with Gasteiger partial charge in [0.2, 0.25) is 5.78 Å². The van der Waals surface area contributed by atoms with Crippen LogP contribution in [0.3, 0.4) is 0 Å². The molecule has 0 bridgehead atoms. The van der Waals surface area contributed by atoms with Gasteiger partial charge in [-0.15, -0.1) is 0 Å². The first-order chi connectivity index (χ1) is 10.5. The van der Waals surface area contributed by atoms with Crippen molar-refractivity contribution >= 4 is 27.8 Å². The maximum absolute atomic E-state index is 12.1. The molecule has 0 unspecified atom stereocenters. The maximum Gasteiger partial charge on any atom is 0.387 e. The molecule has 0 saturated heterocycles. The molecule has 7 heteroatoms. The summed E-state index contributed by atoms with van der Waals surface area (Å²) in [6, 6.07) is 6.00. The van der Waals surface area contributed by atoms with Crippen LogP contribution in [0, 0.1) is 0 Å². The van der Waals surface area contributed by atoms with Gasteiger partial charge in [0, 0.05) is 12.7 Å². The van der Waals surface area contributed by atoms with Gasteiger partial charge in [0.15, 0.2) is 0 Å². The van der Waals surface area contributed by atoms with Gasteiger partial charge in [-0.05, 0) is 46.6 Å². The first-order valence-electron chi connectivity index (χ1n) is 6.50. The molecule has 0 atom stereocenters. The van der Waals surface area contributed by atoms with Crippen molar-refractivity contribution in [3.05, 3.63) is 52.3 Å². The van der Waals surface area contributed by atoms with E-state index in [0.717, 1.165) is 0 Å². The lowest BCUT2D eigenvalue weighted by Gasteiger charge is -2.03. The summed E-state index contributed by atoms with van der Waals surface area (Å²) in [5.74, 6) is -0.171. The largest absolute Gasteiger partial charge is 0.435 e. The van der Waals surface area contributed by atoms with E-state index in [4.69, 9.17) is 0 Å². The number of rotatable bonds is 6. The Kier molecular flexibility index (Phi) is 5.43. The number of halogens is 3. The second-order valence-corrected chi connectivity index (χ2v) is 5.18. The first kappa shape index (κ1) is 16.4. The van der Waals surface area contributed by atoms with Crippen LogP contribution in [0.1, 0.15) is 23.0 Å². The Labute approximate surface area is 134 Å². The SMILES string of the molecule is CCn1cc(Br)c(C(=O)C=Cc2ccc(OC(F)F)cc2)n1. The van der Waals surface area contributed by atoms with E-state index in [1.807, 2.05) is 6.92 Å². The van der Waals surface area contributed by atoms with E-state index >= 15 is 0 Å². The Balaban J connectivity index is 2.07. The molecule has 0 aliphatic heterocycles. The minimum Gasteiger partial charge on any atom is -0.435 e. The van der Waals surface area contributed by atoms with E-state index in [-0.39, 0.29) is 11.5 Å². The van der Waals surface area contributed by atoms with Crippen LogP contribution in [0.2, 0.25) is 0 Å². The summed E-state index contributed by atoms with van der Waals surface area (Å²) in [7, 11) is 0.